The Morgan fingerprint density at radius 1 is 1.24 bits per heavy atom. The molecule has 2 aliphatic rings. The van der Waals surface area contributed by atoms with Gasteiger partial charge in [-0.2, -0.15) is 0 Å². The third kappa shape index (κ3) is 2.55. The van der Waals surface area contributed by atoms with E-state index in [1.165, 1.54) is 0 Å². The molecule has 1 aromatic carbocycles. The van der Waals surface area contributed by atoms with Crippen molar-refractivity contribution in [1.82, 2.24) is 9.80 Å². The Morgan fingerprint density at radius 3 is 2.57 bits per heavy atom. The largest absolute Gasteiger partial charge is 0.341 e. The molecule has 0 bridgehead atoms. The lowest BCUT2D eigenvalue weighted by Crippen LogP contribution is -2.49. The topological polar surface area (TPSA) is 40.6 Å². The second-order valence-corrected chi connectivity index (χ2v) is 6.27. The van der Waals surface area contributed by atoms with Crippen LogP contribution in [0.1, 0.15) is 42.6 Å². The molecule has 4 nitrogen and oxygen atoms in total. The van der Waals surface area contributed by atoms with Gasteiger partial charge in [0.15, 0.2) is 0 Å². The predicted octanol–water partition coefficient (Wildman–Crippen LogP) is 2.29. The van der Waals surface area contributed by atoms with Crippen LogP contribution < -0.4 is 0 Å². The summed E-state index contributed by atoms with van der Waals surface area (Å²) in [6.45, 7) is 6.26. The number of piperidine rings is 1. The summed E-state index contributed by atoms with van der Waals surface area (Å²) in [6, 6.07) is 7.25. The van der Waals surface area contributed by atoms with Crippen LogP contribution in [0.3, 0.4) is 0 Å². The minimum absolute atomic E-state index is 0.0168. The highest BCUT2D eigenvalue weighted by Gasteiger charge is 2.35. The summed E-state index contributed by atoms with van der Waals surface area (Å²) in [6.07, 6.45) is 2.12. The lowest BCUT2D eigenvalue weighted by molar-refractivity contribution is -0.137. The number of hydrogen-bond acceptors (Lipinski definition) is 2. The van der Waals surface area contributed by atoms with Crippen LogP contribution in [-0.4, -0.2) is 40.7 Å². The second-order valence-electron chi connectivity index (χ2n) is 6.27. The third-order valence-corrected chi connectivity index (χ3v) is 4.77. The van der Waals surface area contributed by atoms with Crippen LogP contribution in [0.2, 0.25) is 0 Å². The molecular formula is C17H22N2O2. The molecule has 2 aliphatic heterocycles. The van der Waals surface area contributed by atoms with Crippen LogP contribution >= 0.6 is 0 Å². The zero-order valence-electron chi connectivity index (χ0n) is 12.7. The SMILES string of the molecule is CC1CCN(C(=O)C(C)N2Cc3ccccc3C2=O)CC1. The molecule has 3 rings (SSSR count). The van der Waals surface area contributed by atoms with Crippen LogP contribution in [-0.2, 0) is 11.3 Å². The fraction of sp³-hybridized carbons (Fsp3) is 0.529. The summed E-state index contributed by atoms with van der Waals surface area (Å²) < 4.78 is 0. The highest BCUT2D eigenvalue weighted by molar-refractivity contribution is 6.01. The maximum absolute atomic E-state index is 12.6. The lowest BCUT2D eigenvalue weighted by atomic mass is 9.99. The van der Waals surface area contributed by atoms with E-state index >= 15 is 0 Å². The van der Waals surface area contributed by atoms with E-state index in [1.807, 2.05) is 36.1 Å². The third-order valence-electron chi connectivity index (χ3n) is 4.77. The number of fused-ring (bicyclic) bond motifs is 1. The van der Waals surface area contributed by atoms with Crippen molar-refractivity contribution in [2.24, 2.45) is 5.92 Å². The van der Waals surface area contributed by atoms with Crippen LogP contribution in [0.5, 0.6) is 0 Å². The maximum Gasteiger partial charge on any atom is 0.255 e. The molecule has 2 heterocycles. The highest BCUT2D eigenvalue weighted by atomic mass is 16.2. The normalized spacial score (nSPS) is 20.6. The summed E-state index contributed by atoms with van der Waals surface area (Å²) >= 11 is 0. The van der Waals surface area contributed by atoms with Gasteiger partial charge in [-0.15, -0.1) is 0 Å². The molecule has 0 radical (unpaired) electrons. The molecule has 0 aromatic heterocycles. The molecule has 21 heavy (non-hydrogen) atoms. The smallest absolute Gasteiger partial charge is 0.255 e. The van der Waals surface area contributed by atoms with Crippen molar-refractivity contribution in [3.8, 4) is 0 Å². The van der Waals surface area contributed by atoms with Crippen LogP contribution in [0.25, 0.3) is 0 Å². The number of nitrogens with zero attached hydrogens (tertiary/aromatic N) is 2. The number of rotatable bonds is 2. The summed E-state index contributed by atoms with van der Waals surface area (Å²) in [5, 5.41) is 0. The minimum atomic E-state index is -0.377. The highest BCUT2D eigenvalue weighted by Crippen LogP contribution is 2.25. The summed E-state index contributed by atoms with van der Waals surface area (Å²) in [7, 11) is 0. The number of likely N-dealkylation sites (tertiary alicyclic amines) is 1. The Labute approximate surface area is 125 Å². The molecular weight excluding hydrogens is 264 g/mol. The van der Waals surface area contributed by atoms with Crippen molar-refractivity contribution in [3.05, 3.63) is 35.4 Å². The van der Waals surface area contributed by atoms with Crippen molar-refractivity contribution in [2.75, 3.05) is 13.1 Å². The van der Waals surface area contributed by atoms with Crippen molar-refractivity contribution >= 4 is 11.8 Å². The quantitative estimate of drug-likeness (QED) is 0.837. The Balaban J connectivity index is 1.70. The van der Waals surface area contributed by atoms with Crippen molar-refractivity contribution in [2.45, 2.75) is 39.3 Å². The van der Waals surface area contributed by atoms with Gasteiger partial charge in [0.1, 0.15) is 6.04 Å². The molecule has 1 unspecified atom stereocenters. The van der Waals surface area contributed by atoms with Crippen LogP contribution in [0.4, 0.5) is 0 Å². The van der Waals surface area contributed by atoms with Gasteiger partial charge in [-0.05, 0) is 37.3 Å². The van der Waals surface area contributed by atoms with E-state index in [0.29, 0.717) is 12.5 Å². The molecule has 2 amide bonds. The average Bonchev–Trinajstić information content (AvgIpc) is 2.84. The molecule has 0 N–H and O–H groups in total. The first kappa shape index (κ1) is 14.1. The molecule has 112 valence electrons. The first-order chi connectivity index (χ1) is 10.1. The van der Waals surface area contributed by atoms with Crippen LogP contribution in [0.15, 0.2) is 24.3 Å². The molecule has 0 spiro atoms. The Kier molecular flexibility index (Phi) is 3.70. The van der Waals surface area contributed by atoms with E-state index in [9.17, 15) is 9.59 Å². The molecule has 0 saturated carbocycles. The van der Waals surface area contributed by atoms with Crippen molar-refractivity contribution < 1.29 is 9.59 Å². The summed E-state index contributed by atoms with van der Waals surface area (Å²) in [5.41, 5.74) is 1.76. The van der Waals surface area contributed by atoms with E-state index in [1.54, 1.807) is 4.90 Å². The van der Waals surface area contributed by atoms with Gasteiger partial charge >= 0.3 is 0 Å². The first-order valence-corrected chi connectivity index (χ1v) is 7.75. The molecule has 4 heteroatoms. The molecule has 1 atom stereocenters. The zero-order valence-corrected chi connectivity index (χ0v) is 12.7. The lowest BCUT2D eigenvalue weighted by Gasteiger charge is -2.34. The Morgan fingerprint density at radius 2 is 1.90 bits per heavy atom. The van der Waals surface area contributed by atoms with Gasteiger partial charge in [0, 0.05) is 25.2 Å². The monoisotopic (exact) mass is 286 g/mol. The van der Waals surface area contributed by atoms with E-state index in [0.717, 1.165) is 37.1 Å². The Bertz CT molecular complexity index is 562. The van der Waals surface area contributed by atoms with Gasteiger partial charge in [-0.25, -0.2) is 0 Å². The standard InChI is InChI=1S/C17H22N2O2/c1-12-7-9-18(10-8-12)16(20)13(2)19-11-14-5-3-4-6-15(14)17(19)21/h3-6,12-13H,7-11H2,1-2H3. The molecule has 1 aromatic rings. The molecule has 1 fully saturated rings. The second kappa shape index (κ2) is 5.51. The number of benzene rings is 1. The van der Waals surface area contributed by atoms with E-state index in [4.69, 9.17) is 0 Å². The Hall–Kier alpha value is -1.84. The van der Waals surface area contributed by atoms with E-state index < -0.39 is 0 Å². The number of hydrogen-bond donors (Lipinski definition) is 0. The van der Waals surface area contributed by atoms with E-state index in [2.05, 4.69) is 6.92 Å². The minimum Gasteiger partial charge on any atom is -0.341 e. The number of carbonyl (C=O) groups is 2. The van der Waals surface area contributed by atoms with E-state index in [-0.39, 0.29) is 17.9 Å². The van der Waals surface area contributed by atoms with Crippen molar-refractivity contribution in [3.63, 3.8) is 0 Å². The average molecular weight is 286 g/mol. The zero-order chi connectivity index (χ0) is 15.0. The molecule has 0 aliphatic carbocycles. The van der Waals surface area contributed by atoms with Gasteiger partial charge in [0.25, 0.3) is 5.91 Å². The number of carbonyl (C=O) groups excluding carboxylic acids is 2. The molecule has 1 saturated heterocycles. The van der Waals surface area contributed by atoms with Gasteiger partial charge in [-0.1, -0.05) is 25.1 Å². The summed E-state index contributed by atoms with van der Waals surface area (Å²) in [4.78, 5) is 28.7. The number of amides is 2. The van der Waals surface area contributed by atoms with Gasteiger partial charge in [0.05, 0.1) is 0 Å². The van der Waals surface area contributed by atoms with Crippen LogP contribution in [0, 0.1) is 5.92 Å². The van der Waals surface area contributed by atoms with Crippen molar-refractivity contribution in [1.29, 1.82) is 0 Å². The van der Waals surface area contributed by atoms with Gasteiger partial charge in [0.2, 0.25) is 5.91 Å². The fourth-order valence-electron chi connectivity index (χ4n) is 3.22. The maximum atomic E-state index is 12.6. The fourth-order valence-corrected chi connectivity index (χ4v) is 3.22. The predicted molar refractivity (Wildman–Crippen MR) is 80.8 cm³/mol. The van der Waals surface area contributed by atoms with Gasteiger partial charge < -0.3 is 9.80 Å². The first-order valence-electron chi connectivity index (χ1n) is 7.75. The summed E-state index contributed by atoms with van der Waals surface area (Å²) in [5.74, 6) is 0.766. The van der Waals surface area contributed by atoms with Gasteiger partial charge in [-0.3, -0.25) is 9.59 Å².